The third-order valence-electron chi connectivity index (χ3n) is 4.02. The average molecular weight is 343 g/mol. The molecule has 130 valence electrons. The zero-order valence-corrected chi connectivity index (χ0v) is 14.1. The molecular formula is C18H17NO6. The number of ketones is 2. The molecular weight excluding hydrogens is 326 g/mol. The van der Waals surface area contributed by atoms with Gasteiger partial charge in [-0.05, 0) is 44.5 Å². The van der Waals surface area contributed by atoms with Crippen molar-refractivity contribution in [2.24, 2.45) is 0 Å². The van der Waals surface area contributed by atoms with Crippen LogP contribution in [0.2, 0.25) is 0 Å². The summed E-state index contributed by atoms with van der Waals surface area (Å²) in [6.07, 6.45) is 0. The minimum absolute atomic E-state index is 0.117. The first-order valence-corrected chi connectivity index (χ1v) is 7.68. The number of Topliss-reactive ketones (excluding diaryl/α,β-unsaturated/α-hetero) is 2. The topological polar surface area (TPSA) is 94.7 Å². The summed E-state index contributed by atoms with van der Waals surface area (Å²) in [6, 6.07) is 4.77. The number of hydrogen-bond acceptors (Lipinski definition) is 6. The van der Waals surface area contributed by atoms with E-state index in [-0.39, 0.29) is 24.1 Å². The van der Waals surface area contributed by atoms with Crippen LogP contribution in [0.25, 0.3) is 0 Å². The van der Waals surface area contributed by atoms with Gasteiger partial charge in [-0.1, -0.05) is 0 Å². The Bertz CT molecular complexity index is 880. The number of H-pyrrole nitrogens is 1. The van der Waals surface area contributed by atoms with Crippen molar-refractivity contribution in [1.82, 2.24) is 4.98 Å². The van der Waals surface area contributed by atoms with Crippen LogP contribution in [0, 0.1) is 13.8 Å². The van der Waals surface area contributed by atoms with Crippen molar-refractivity contribution in [3.05, 3.63) is 46.3 Å². The number of aromatic amines is 1. The highest BCUT2D eigenvalue weighted by molar-refractivity contribution is 6.02. The van der Waals surface area contributed by atoms with Gasteiger partial charge in [0.25, 0.3) is 0 Å². The second-order valence-electron chi connectivity index (χ2n) is 5.75. The molecule has 2 heterocycles. The largest absolute Gasteiger partial charge is 0.454 e. The fourth-order valence-corrected chi connectivity index (χ4v) is 2.84. The summed E-state index contributed by atoms with van der Waals surface area (Å²) in [5.41, 5.74) is 2.13. The maximum Gasteiger partial charge on any atom is 0.355 e. The number of nitrogens with one attached hydrogen (secondary N) is 1. The van der Waals surface area contributed by atoms with E-state index in [1.165, 1.54) is 6.92 Å². The molecule has 3 rings (SSSR count). The fraction of sp³-hybridized carbons (Fsp3) is 0.278. The van der Waals surface area contributed by atoms with Crippen molar-refractivity contribution < 1.29 is 28.6 Å². The third-order valence-corrected chi connectivity index (χ3v) is 4.02. The van der Waals surface area contributed by atoms with Crippen LogP contribution in [-0.2, 0) is 4.74 Å². The van der Waals surface area contributed by atoms with Gasteiger partial charge >= 0.3 is 5.97 Å². The molecule has 25 heavy (non-hydrogen) atoms. The Labute approximate surface area is 143 Å². The number of carbonyl (C=O) groups is 3. The molecule has 1 aromatic carbocycles. The Morgan fingerprint density at radius 3 is 2.56 bits per heavy atom. The lowest BCUT2D eigenvalue weighted by atomic mass is 10.1. The Kier molecular flexibility index (Phi) is 4.31. The number of esters is 1. The van der Waals surface area contributed by atoms with E-state index in [0.29, 0.717) is 33.9 Å². The molecule has 0 radical (unpaired) electrons. The van der Waals surface area contributed by atoms with Crippen LogP contribution in [0.1, 0.15) is 49.4 Å². The number of fused-ring (bicyclic) bond motifs is 1. The van der Waals surface area contributed by atoms with Crippen LogP contribution in [0.3, 0.4) is 0 Å². The molecule has 0 saturated heterocycles. The Morgan fingerprint density at radius 1 is 1.16 bits per heavy atom. The van der Waals surface area contributed by atoms with E-state index in [2.05, 4.69) is 4.98 Å². The highest BCUT2D eigenvalue weighted by Gasteiger charge is 2.22. The maximum absolute atomic E-state index is 12.2. The van der Waals surface area contributed by atoms with Gasteiger partial charge in [0, 0.05) is 16.8 Å². The monoisotopic (exact) mass is 343 g/mol. The predicted octanol–water partition coefficient (Wildman–Crippen LogP) is 2.60. The third kappa shape index (κ3) is 3.13. The summed E-state index contributed by atoms with van der Waals surface area (Å²) in [4.78, 5) is 38.9. The molecule has 0 fully saturated rings. The van der Waals surface area contributed by atoms with E-state index in [9.17, 15) is 14.4 Å². The van der Waals surface area contributed by atoms with Gasteiger partial charge in [-0.25, -0.2) is 4.79 Å². The van der Waals surface area contributed by atoms with E-state index in [4.69, 9.17) is 14.2 Å². The molecule has 1 aromatic heterocycles. The summed E-state index contributed by atoms with van der Waals surface area (Å²) in [5.74, 6) is -0.120. The molecule has 0 unspecified atom stereocenters. The summed E-state index contributed by atoms with van der Waals surface area (Å²) in [5, 5.41) is 0. The maximum atomic E-state index is 12.2. The van der Waals surface area contributed by atoms with Gasteiger partial charge in [0.1, 0.15) is 5.69 Å². The number of aryl methyl sites for hydroxylation is 1. The first kappa shape index (κ1) is 16.8. The Morgan fingerprint density at radius 2 is 1.88 bits per heavy atom. The zero-order chi connectivity index (χ0) is 18.1. The van der Waals surface area contributed by atoms with E-state index in [1.54, 1.807) is 32.0 Å². The summed E-state index contributed by atoms with van der Waals surface area (Å²) in [7, 11) is 0. The summed E-state index contributed by atoms with van der Waals surface area (Å²) < 4.78 is 15.5. The van der Waals surface area contributed by atoms with Gasteiger partial charge in [0.15, 0.2) is 29.7 Å². The van der Waals surface area contributed by atoms with Gasteiger partial charge in [-0.2, -0.15) is 0 Å². The SMILES string of the molecule is CC(=O)c1c(C)[nH]c(C(=O)OCC(=O)c2ccc3c(c2)OCO3)c1C. The van der Waals surface area contributed by atoms with Crippen molar-refractivity contribution in [2.75, 3.05) is 13.4 Å². The minimum Gasteiger partial charge on any atom is -0.454 e. The zero-order valence-electron chi connectivity index (χ0n) is 14.1. The molecule has 0 bridgehead atoms. The van der Waals surface area contributed by atoms with E-state index in [0.717, 1.165) is 0 Å². The lowest BCUT2D eigenvalue weighted by molar-refractivity contribution is 0.0468. The Hall–Kier alpha value is -3.09. The molecule has 1 N–H and O–H groups in total. The van der Waals surface area contributed by atoms with Crippen LogP contribution in [0.5, 0.6) is 11.5 Å². The molecule has 0 saturated carbocycles. The first-order valence-electron chi connectivity index (χ1n) is 7.68. The molecule has 2 aromatic rings. The highest BCUT2D eigenvalue weighted by Crippen LogP contribution is 2.32. The van der Waals surface area contributed by atoms with Crippen LogP contribution < -0.4 is 9.47 Å². The number of hydrogen-bond donors (Lipinski definition) is 1. The molecule has 1 aliphatic heterocycles. The quantitative estimate of drug-likeness (QED) is 0.662. The lowest BCUT2D eigenvalue weighted by Crippen LogP contribution is -2.15. The van der Waals surface area contributed by atoms with Crippen LogP contribution in [0.4, 0.5) is 0 Å². The molecule has 0 spiro atoms. The summed E-state index contributed by atoms with van der Waals surface area (Å²) >= 11 is 0. The normalized spacial score (nSPS) is 12.1. The molecule has 7 nitrogen and oxygen atoms in total. The van der Waals surface area contributed by atoms with Crippen molar-refractivity contribution in [3.63, 3.8) is 0 Å². The first-order chi connectivity index (χ1) is 11.9. The minimum atomic E-state index is -0.679. The standard InChI is InChI=1S/C18H17NO6/c1-9-16(11(3)20)10(2)19-17(9)18(22)23-7-13(21)12-4-5-14-15(6-12)25-8-24-14/h4-6,19H,7-8H2,1-3H3. The molecule has 0 atom stereocenters. The van der Waals surface area contributed by atoms with E-state index < -0.39 is 12.6 Å². The fourth-order valence-electron chi connectivity index (χ4n) is 2.84. The predicted molar refractivity (Wildman–Crippen MR) is 87.4 cm³/mol. The number of rotatable bonds is 5. The second kappa shape index (κ2) is 6.43. The van der Waals surface area contributed by atoms with Crippen molar-refractivity contribution >= 4 is 17.5 Å². The highest BCUT2D eigenvalue weighted by atomic mass is 16.7. The van der Waals surface area contributed by atoms with Gasteiger partial charge in [-0.3, -0.25) is 9.59 Å². The number of aromatic nitrogens is 1. The number of carbonyl (C=O) groups excluding carboxylic acids is 3. The van der Waals surface area contributed by atoms with Crippen molar-refractivity contribution in [3.8, 4) is 11.5 Å². The molecule has 1 aliphatic rings. The average Bonchev–Trinajstić information content (AvgIpc) is 3.15. The van der Waals surface area contributed by atoms with Gasteiger partial charge < -0.3 is 19.2 Å². The van der Waals surface area contributed by atoms with Crippen molar-refractivity contribution in [2.45, 2.75) is 20.8 Å². The van der Waals surface area contributed by atoms with Crippen LogP contribution in [-0.4, -0.2) is 35.9 Å². The molecule has 0 amide bonds. The molecule has 7 heteroatoms. The van der Waals surface area contributed by atoms with E-state index >= 15 is 0 Å². The summed E-state index contributed by atoms with van der Waals surface area (Å²) in [6.45, 7) is 4.51. The number of benzene rings is 1. The number of ether oxygens (including phenoxy) is 3. The Balaban J connectivity index is 1.69. The van der Waals surface area contributed by atoms with Crippen LogP contribution in [0.15, 0.2) is 18.2 Å². The smallest absolute Gasteiger partial charge is 0.355 e. The van der Waals surface area contributed by atoms with Crippen LogP contribution >= 0.6 is 0 Å². The van der Waals surface area contributed by atoms with Gasteiger partial charge in [-0.15, -0.1) is 0 Å². The van der Waals surface area contributed by atoms with E-state index in [1.807, 2.05) is 0 Å². The van der Waals surface area contributed by atoms with Gasteiger partial charge in [0.2, 0.25) is 6.79 Å². The van der Waals surface area contributed by atoms with Crippen molar-refractivity contribution in [1.29, 1.82) is 0 Å². The van der Waals surface area contributed by atoms with Gasteiger partial charge in [0.05, 0.1) is 0 Å². The molecule has 0 aliphatic carbocycles. The lowest BCUT2D eigenvalue weighted by Gasteiger charge is -2.05. The second-order valence-corrected chi connectivity index (χ2v) is 5.75.